The quantitative estimate of drug-likeness (QED) is 0.196. The fraction of sp³-hybridized carbons (Fsp3) is 0.667. The largest absolute Gasteiger partial charge is 0.456 e. The lowest BCUT2D eigenvalue weighted by Gasteiger charge is -2.02. The van der Waals surface area contributed by atoms with Crippen molar-refractivity contribution >= 4 is 51.1 Å². The Morgan fingerprint density at radius 3 is 2.38 bits per heavy atom. The molecule has 5 heteroatoms. The van der Waals surface area contributed by atoms with Crippen LogP contribution in [0.25, 0.3) is 0 Å². The topological polar surface area (TPSA) is 47.6 Å². The Kier molecular flexibility index (Phi) is 5.01. The van der Waals surface area contributed by atoms with Crippen LogP contribution in [0.1, 0.15) is 6.92 Å². The lowest BCUT2D eigenvalue weighted by atomic mass is 10.8. The van der Waals surface area contributed by atoms with Gasteiger partial charge in [-0.2, -0.15) is 0 Å². The number of hydrogen-bond acceptors (Lipinski definition) is 3. The van der Waals surface area contributed by atoms with Gasteiger partial charge in [-0.25, -0.2) is 0 Å². The molecule has 48 valence electrons. The molecule has 2 N–H and O–H groups in total. The standard InChI is InChI=1S/C3H6I2N2O/c1-2(7-6)8-3(4)5/h3H,6H2,1H3/b7-2-. The number of nitrogens with zero attached hydrogens (tertiary/aromatic N) is 1. The van der Waals surface area contributed by atoms with Gasteiger partial charge in [0.2, 0.25) is 8.02 Å². The summed E-state index contributed by atoms with van der Waals surface area (Å²) in [7, 11) is 0. The lowest BCUT2D eigenvalue weighted by molar-refractivity contribution is 0.373. The van der Waals surface area contributed by atoms with Crippen molar-refractivity contribution < 1.29 is 4.74 Å². The van der Waals surface area contributed by atoms with Crippen LogP contribution in [0.15, 0.2) is 5.10 Å². The van der Waals surface area contributed by atoms with E-state index >= 15 is 0 Å². The molecule has 0 saturated heterocycles. The molecule has 0 heterocycles. The van der Waals surface area contributed by atoms with Crippen molar-refractivity contribution in [3.8, 4) is 0 Å². The highest BCUT2D eigenvalue weighted by molar-refractivity contribution is 14.2. The van der Waals surface area contributed by atoms with Gasteiger partial charge in [-0.15, -0.1) is 5.10 Å². The smallest absolute Gasteiger partial charge is 0.204 e. The minimum Gasteiger partial charge on any atom is -0.456 e. The second kappa shape index (κ2) is 4.59. The maximum atomic E-state index is 5.00. The molecule has 0 radical (unpaired) electrons. The van der Waals surface area contributed by atoms with Crippen LogP contribution in [-0.2, 0) is 4.74 Å². The van der Waals surface area contributed by atoms with Crippen molar-refractivity contribution in [2.75, 3.05) is 0 Å². The van der Waals surface area contributed by atoms with Crippen molar-refractivity contribution in [2.45, 2.75) is 9.04 Å². The first-order chi connectivity index (χ1) is 3.66. The summed E-state index contributed by atoms with van der Waals surface area (Å²) in [5, 5.41) is 3.31. The zero-order chi connectivity index (χ0) is 6.57. The zero-order valence-corrected chi connectivity index (χ0v) is 8.58. The SMILES string of the molecule is C/C(=N/N)OC(I)I. The summed E-state index contributed by atoms with van der Waals surface area (Å²) < 4.78 is 5.11. The Labute approximate surface area is 75.3 Å². The molecule has 0 aliphatic carbocycles. The van der Waals surface area contributed by atoms with Gasteiger partial charge < -0.3 is 10.6 Å². The van der Waals surface area contributed by atoms with E-state index in [1.807, 2.05) is 0 Å². The van der Waals surface area contributed by atoms with Crippen LogP contribution in [0.4, 0.5) is 0 Å². The van der Waals surface area contributed by atoms with Gasteiger partial charge in [0.05, 0.1) is 0 Å². The van der Waals surface area contributed by atoms with E-state index < -0.39 is 0 Å². The zero-order valence-electron chi connectivity index (χ0n) is 4.27. The van der Waals surface area contributed by atoms with Crippen LogP contribution in [-0.4, -0.2) is 8.02 Å². The van der Waals surface area contributed by atoms with Gasteiger partial charge in [0.1, 0.15) is 0 Å². The molecule has 0 rings (SSSR count). The molecule has 0 unspecified atom stereocenters. The van der Waals surface area contributed by atoms with Crippen LogP contribution in [0.3, 0.4) is 0 Å². The third-order valence-corrected chi connectivity index (χ3v) is 0.950. The van der Waals surface area contributed by atoms with Gasteiger partial charge in [-0.3, -0.25) is 0 Å². The second-order valence-electron chi connectivity index (χ2n) is 1.03. The molecular weight excluding hydrogens is 334 g/mol. The fourth-order valence-electron chi connectivity index (χ4n) is 0.159. The minimum atomic E-state index is 0.109. The van der Waals surface area contributed by atoms with Crippen LogP contribution < -0.4 is 5.84 Å². The Hall–Kier alpha value is 0.730. The van der Waals surface area contributed by atoms with Crippen molar-refractivity contribution in [3.05, 3.63) is 0 Å². The summed E-state index contributed by atoms with van der Waals surface area (Å²) in [6.07, 6.45) is 0. The van der Waals surface area contributed by atoms with Gasteiger partial charge in [-0.1, -0.05) is 0 Å². The Morgan fingerprint density at radius 1 is 1.75 bits per heavy atom. The first kappa shape index (κ1) is 8.73. The van der Waals surface area contributed by atoms with Crippen molar-refractivity contribution in [1.29, 1.82) is 0 Å². The van der Waals surface area contributed by atoms with E-state index in [2.05, 4.69) is 50.3 Å². The lowest BCUT2D eigenvalue weighted by Crippen LogP contribution is -2.04. The van der Waals surface area contributed by atoms with Crippen LogP contribution in [0.5, 0.6) is 0 Å². The van der Waals surface area contributed by atoms with Crippen molar-refractivity contribution in [1.82, 2.24) is 0 Å². The summed E-state index contributed by atoms with van der Waals surface area (Å²) in [5.74, 6) is 5.39. The summed E-state index contributed by atoms with van der Waals surface area (Å²) in [5.41, 5.74) is 0. The van der Waals surface area contributed by atoms with Gasteiger partial charge in [0, 0.05) is 6.92 Å². The van der Waals surface area contributed by atoms with E-state index in [0.717, 1.165) is 0 Å². The van der Waals surface area contributed by atoms with Crippen LogP contribution >= 0.6 is 45.2 Å². The second-order valence-corrected chi connectivity index (χ2v) is 5.67. The number of nitrogens with two attached hydrogens (primary N) is 1. The molecule has 0 amide bonds. The average Bonchev–Trinajstić information content (AvgIpc) is 1.65. The summed E-state index contributed by atoms with van der Waals surface area (Å²) in [6, 6.07) is 0. The molecule has 3 nitrogen and oxygen atoms in total. The molecular formula is C3H6I2N2O. The number of alkyl halides is 2. The Bertz CT molecular complexity index is 93.3. The van der Waals surface area contributed by atoms with Crippen LogP contribution in [0.2, 0.25) is 0 Å². The van der Waals surface area contributed by atoms with Gasteiger partial charge >= 0.3 is 0 Å². The minimum absolute atomic E-state index is 0.109. The van der Waals surface area contributed by atoms with Crippen LogP contribution in [0, 0.1) is 0 Å². The highest BCUT2D eigenvalue weighted by atomic mass is 127. The molecule has 0 fully saturated rings. The van der Waals surface area contributed by atoms with Gasteiger partial charge in [0.25, 0.3) is 0 Å². The molecule has 0 aliphatic heterocycles. The molecule has 0 bridgehead atoms. The average molecular weight is 340 g/mol. The third-order valence-electron chi connectivity index (χ3n) is 0.441. The number of ether oxygens (including phenoxy) is 1. The summed E-state index contributed by atoms with van der Waals surface area (Å²) in [4.78, 5) is 0. The molecule has 0 aromatic carbocycles. The maximum absolute atomic E-state index is 5.00. The predicted octanol–water partition coefficient (Wildman–Crippen LogP) is 1.45. The van der Waals surface area contributed by atoms with E-state index in [0.29, 0.717) is 5.90 Å². The van der Waals surface area contributed by atoms with Crippen molar-refractivity contribution in [3.63, 3.8) is 0 Å². The summed E-state index contributed by atoms with van der Waals surface area (Å²) >= 11 is 4.22. The molecule has 8 heavy (non-hydrogen) atoms. The number of rotatable bonds is 1. The van der Waals surface area contributed by atoms with Gasteiger partial charge in [0.15, 0.2) is 0 Å². The number of hydrogen-bond donors (Lipinski definition) is 1. The van der Waals surface area contributed by atoms with Crippen molar-refractivity contribution in [2.24, 2.45) is 10.9 Å². The Morgan fingerprint density at radius 2 is 2.25 bits per heavy atom. The molecule has 0 aromatic rings. The maximum Gasteiger partial charge on any atom is 0.204 e. The monoisotopic (exact) mass is 340 g/mol. The molecule has 0 saturated carbocycles. The number of halogens is 2. The van der Waals surface area contributed by atoms with E-state index in [1.165, 1.54) is 0 Å². The van der Waals surface area contributed by atoms with E-state index in [1.54, 1.807) is 6.92 Å². The molecule has 0 spiro atoms. The van der Waals surface area contributed by atoms with E-state index in [9.17, 15) is 0 Å². The highest BCUT2D eigenvalue weighted by Gasteiger charge is 1.96. The molecule has 0 atom stereocenters. The Balaban J connectivity index is 3.39. The third kappa shape index (κ3) is 4.88. The van der Waals surface area contributed by atoms with E-state index in [4.69, 9.17) is 10.6 Å². The van der Waals surface area contributed by atoms with Gasteiger partial charge in [-0.05, 0) is 45.2 Å². The molecule has 0 aromatic heterocycles. The predicted molar refractivity (Wildman–Crippen MR) is 50.2 cm³/mol. The molecule has 0 aliphatic rings. The summed E-state index contributed by atoms with van der Waals surface area (Å²) in [6.45, 7) is 1.71. The highest BCUT2D eigenvalue weighted by Crippen LogP contribution is 2.10. The first-order valence-corrected chi connectivity index (χ1v) is 4.35. The number of hydrazone groups is 1. The first-order valence-electron chi connectivity index (χ1n) is 1.86. The normalized spacial score (nSPS) is 12.2. The van der Waals surface area contributed by atoms with E-state index in [-0.39, 0.29) is 2.12 Å². The fourth-order valence-corrected chi connectivity index (χ4v) is 0.895.